The lowest BCUT2D eigenvalue weighted by atomic mass is 10.0. The van der Waals surface area contributed by atoms with Gasteiger partial charge in [-0.3, -0.25) is 0 Å². The molecule has 1 aromatic rings. The van der Waals surface area contributed by atoms with Gasteiger partial charge in [0.15, 0.2) is 0 Å². The molecule has 112 valence electrons. The van der Waals surface area contributed by atoms with Crippen molar-refractivity contribution in [2.45, 2.75) is 32.3 Å². The van der Waals surface area contributed by atoms with Crippen LogP contribution < -0.4 is 4.90 Å². The average Bonchev–Trinajstić information content (AvgIpc) is 2.60. The molecule has 1 aliphatic rings. The second kappa shape index (κ2) is 6.59. The second-order valence-electron chi connectivity index (χ2n) is 5.29. The monoisotopic (exact) mass is 297 g/mol. The van der Waals surface area contributed by atoms with Crippen molar-refractivity contribution in [2.75, 3.05) is 29.5 Å². The lowest BCUT2D eigenvalue weighted by Gasteiger charge is -2.25. The van der Waals surface area contributed by atoms with Crippen molar-refractivity contribution in [3.05, 3.63) is 29.8 Å². The van der Waals surface area contributed by atoms with E-state index in [4.69, 9.17) is 0 Å². The van der Waals surface area contributed by atoms with E-state index in [1.807, 2.05) is 24.3 Å². The summed E-state index contributed by atoms with van der Waals surface area (Å²) < 4.78 is 23.1. The van der Waals surface area contributed by atoms with Crippen LogP contribution in [0.3, 0.4) is 0 Å². The molecule has 0 aromatic heterocycles. The topological polar surface area (TPSA) is 57.6 Å². The predicted molar refractivity (Wildman–Crippen MR) is 81.8 cm³/mol. The first-order valence-corrected chi connectivity index (χ1v) is 9.08. The Morgan fingerprint density at radius 3 is 2.85 bits per heavy atom. The molecule has 0 fully saturated rings. The van der Waals surface area contributed by atoms with E-state index in [0.29, 0.717) is 6.42 Å². The Hall–Kier alpha value is -1.07. The Kier molecular flexibility index (Phi) is 5.05. The average molecular weight is 297 g/mol. The minimum atomic E-state index is -2.89. The summed E-state index contributed by atoms with van der Waals surface area (Å²) in [6.45, 7) is 3.29. The van der Waals surface area contributed by atoms with Gasteiger partial charge in [0.25, 0.3) is 0 Å². The molecule has 0 saturated carbocycles. The maximum atomic E-state index is 11.5. The van der Waals surface area contributed by atoms with Crippen LogP contribution >= 0.6 is 0 Å². The molecule has 5 heteroatoms. The number of nitrogens with zero attached hydrogens (tertiary/aromatic N) is 1. The number of rotatable bonds is 5. The molecule has 0 saturated heterocycles. The van der Waals surface area contributed by atoms with E-state index in [1.54, 1.807) is 6.92 Å². The van der Waals surface area contributed by atoms with Crippen molar-refractivity contribution in [1.29, 1.82) is 0 Å². The third-order valence-electron chi connectivity index (χ3n) is 3.87. The molecule has 1 aromatic carbocycles. The van der Waals surface area contributed by atoms with Gasteiger partial charge in [-0.05, 0) is 25.3 Å². The molecule has 0 aliphatic carbocycles. The van der Waals surface area contributed by atoms with Crippen LogP contribution in [0.5, 0.6) is 0 Å². The first-order chi connectivity index (χ1) is 9.53. The van der Waals surface area contributed by atoms with Gasteiger partial charge in [-0.25, -0.2) is 8.42 Å². The minimum absolute atomic E-state index is 0.211. The highest BCUT2D eigenvalue weighted by atomic mass is 32.2. The van der Waals surface area contributed by atoms with E-state index < -0.39 is 15.9 Å². The van der Waals surface area contributed by atoms with Gasteiger partial charge in [0.05, 0.1) is 11.9 Å². The summed E-state index contributed by atoms with van der Waals surface area (Å²) in [7, 11) is -2.89. The first kappa shape index (κ1) is 15.3. The lowest BCUT2D eigenvalue weighted by molar-refractivity contribution is 0.168. The molecule has 0 spiro atoms. The summed E-state index contributed by atoms with van der Waals surface area (Å²) in [5.74, 6) is 0.451. The van der Waals surface area contributed by atoms with Crippen molar-refractivity contribution in [1.82, 2.24) is 0 Å². The zero-order chi connectivity index (χ0) is 14.6. The van der Waals surface area contributed by atoms with Gasteiger partial charge in [0.2, 0.25) is 0 Å². The Balaban J connectivity index is 2.06. The number of sulfone groups is 1. The number of anilines is 1. The zero-order valence-electron chi connectivity index (χ0n) is 12.0. The molecule has 1 N–H and O–H groups in total. The quantitative estimate of drug-likeness (QED) is 0.904. The summed E-state index contributed by atoms with van der Waals surface area (Å²) in [6.07, 6.45) is 1.92. The fraction of sp³-hybridized carbons (Fsp3) is 0.600. The van der Waals surface area contributed by atoms with Crippen molar-refractivity contribution in [2.24, 2.45) is 0 Å². The smallest absolute Gasteiger partial charge is 0.150 e. The Morgan fingerprint density at radius 2 is 2.10 bits per heavy atom. The van der Waals surface area contributed by atoms with Crippen LogP contribution in [-0.4, -0.2) is 38.1 Å². The number of para-hydroxylation sites is 1. The second-order valence-corrected chi connectivity index (χ2v) is 7.77. The van der Waals surface area contributed by atoms with Gasteiger partial charge in [0.1, 0.15) is 9.84 Å². The van der Waals surface area contributed by atoms with Crippen LogP contribution in [0.25, 0.3) is 0 Å². The summed E-state index contributed by atoms with van der Waals surface area (Å²) in [6, 6.07) is 7.87. The van der Waals surface area contributed by atoms with Crippen LogP contribution in [0.1, 0.15) is 37.9 Å². The molecular weight excluding hydrogens is 274 g/mol. The highest BCUT2D eigenvalue weighted by Gasteiger charge is 2.20. The number of benzene rings is 1. The highest BCUT2D eigenvalue weighted by Crippen LogP contribution is 2.32. The summed E-state index contributed by atoms with van der Waals surface area (Å²) in [4.78, 5) is 2.21. The zero-order valence-corrected chi connectivity index (χ0v) is 12.8. The molecule has 20 heavy (non-hydrogen) atoms. The van der Waals surface area contributed by atoms with Gasteiger partial charge in [-0.2, -0.15) is 0 Å². The Labute approximate surface area is 121 Å². The maximum absolute atomic E-state index is 11.5. The maximum Gasteiger partial charge on any atom is 0.150 e. The summed E-state index contributed by atoms with van der Waals surface area (Å²) >= 11 is 0. The first-order valence-electron chi connectivity index (χ1n) is 7.26. The van der Waals surface area contributed by atoms with E-state index in [0.717, 1.165) is 37.2 Å². The van der Waals surface area contributed by atoms with E-state index in [1.165, 1.54) is 0 Å². The van der Waals surface area contributed by atoms with E-state index in [2.05, 4.69) is 4.90 Å². The van der Waals surface area contributed by atoms with Gasteiger partial charge < -0.3 is 10.0 Å². The standard InChI is InChI=1S/C15H23NO3S/c1-2-20(18,19)12-6-11-16-10-5-9-15(17)13-7-3-4-8-14(13)16/h3-4,7-8,15,17H,2,5-6,9-12H2,1H3. The number of aliphatic hydroxyl groups is 1. The van der Waals surface area contributed by atoms with Crippen molar-refractivity contribution in [3.8, 4) is 0 Å². The van der Waals surface area contributed by atoms with Crippen LogP contribution in [-0.2, 0) is 9.84 Å². The number of fused-ring (bicyclic) bond motifs is 1. The molecule has 1 unspecified atom stereocenters. The molecular formula is C15H23NO3S. The SMILES string of the molecule is CCS(=O)(=O)CCCN1CCCC(O)c2ccccc21. The number of hydrogen-bond donors (Lipinski definition) is 1. The summed E-state index contributed by atoms with van der Waals surface area (Å²) in [5.41, 5.74) is 2.01. The van der Waals surface area contributed by atoms with Crippen molar-refractivity contribution < 1.29 is 13.5 Å². The van der Waals surface area contributed by atoms with Crippen LogP contribution in [0.4, 0.5) is 5.69 Å². The third-order valence-corrected chi connectivity index (χ3v) is 5.66. The minimum Gasteiger partial charge on any atom is -0.388 e. The van der Waals surface area contributed by atoms with E-state index >= 15 is 0 Å². The molecule has 0 radical (unpaired) electrons. The summed E-state index contributed by atoms with van der Waals surface area (Å²) in [5, 5.41) is 10.1. The van der Waals surface area contributed by atoms with Gasteiger partial charge in [-0.1, -0.05) is 25.1 Å². The van der Waals surface area contributed by atoms with Crippen molar-refractivity contribution >= 4 is 15.5 Å². The predicted octanol–water partition coefficient (Wildman–Crippen LogP) is 2.14. The molecule has 1 atom stereocenters. The Bertz CT molecular complexity index is 542. The molecule has 2 rings (SSSR count). The largest absolute Gasteiger partial charge is 0.388 e. The highest BCUT2D eigenvalue weighted by molar-refractivity contribution is 7.91. The fourth-order valence-electron chi connectivity index (χ4n) is 2.66. The molecule has 4 nitrogen and oxygen atoms in total. The lowest BCUT2D eigenvalue weighted by Crippen LogP contribution is -2.27. The molecule has 0 bridgehead atoms. The fourth-order valence-corrected chi connectivity index (χ4v) is 3.52. The van der Waals surface area contributed by atoms with Crippen LogP contribution in [0, 0.1) is 0 Å². The number of hydrogen-bond acceptors (Lipinski definition) is 4. The normalized spacial score (nSPS) is 19.5. The van der Waals surface area contributed by atoms with Crippen LogP contribution in [0.15, 0.2) is 24.3 Å². The van der Waals surface area contributed by atoms with Crippen LogP contribution in [0.2, 0.25) is 0 Å². The van der Waals surface area contributed by atoms with Gasteiger partial charge >= 0.3 is 0 Å². The van der Waals surface area contributed by atoms with E-state index in [-0.39, 0.29) is 11.5 Å². The van der Waals surface area contributed by atoms with Gasteiger partial charge in [0, 0.05) is 30.1 Å². The molecule has 0 amide bonds. The Morgan fingerprint density at radius 1 is 1.35 bits per heavy atom. The van der Waals surface area contributed by atoms with Gasteiger partial charge in [-0.15, -0.1) is 0 Å². The number of aliphatic hydroxyl groups excluding tert-OH is 1. The molecule has 1 heterocycles. The van der Waals surface area contributed by atoms with Crippen molar-refractivity contribution in [3.63, 3.8) is 0 Å². The van der Waals surface area contributed by atoms with E-state index in [9.17, 15) is 13.5 Å². The molecule has 1 aliphatic heterocycles. The third kappa shape index (κ3) is 3.73.